The molecule has 0 radical (unpaired) electrons. The zero-order valence-corrected chi connectivity index (χ0v) is 22.8. The Kier molecular flexibility index (Phi) is 7.34. The van der Waals surface area contributed by atoms with E-state index in [2.05, 4.69) is 27.0 Å². The monoisotopic (exact) mass is 597 g/mol. The van der Waals surface area contributed by atoms with Crippen LogP contribution in [0, 0.1) is 22.7 Å². The molecule has 1 unspecified atom stereocenters. The first-order valence-electron chi connectivity index (χ1n) is 12.1. The second-order valence-corrected chi connectivity index (χ2v) is 11.2. The van der Waals surface area contributed by atoms with Crippen LogP contribution in [-0.2, 0) is 9.59 Å². The lowest BCUT2D eigenvalue weighted by Gasteiger charge is -2.16. The van der Waals surface area contributed by atoms with Gasteiger partial charge in [-0.05, 0) is 72.4 Å². The van der Waals surface area contributed by atoms with Gasteiger partial charge in [0.15, 0.2) is 5.78 Å². The number of nitrogens with zero attached hydrogens (tertiary/aromatic N) is 4. The summed E-state index contributed by atoms with van der Waals surface area (Å²) in [5.41, 5.74) is 8.68. The third-order valence-electron chi connectivity index (χ3n) is 6.53. The van der Waals surface area contributed by atoms with Crippen LogP contribution >= 0.6 is 27.7 Å². The number of nitrogens with two attached hydrogens (primary N) is 1. The number of nitriles is 2. The van der Waals surface area contributed by atoms with Crippen LogP contribution in [0.4, 0.5) is 11.5 Å². The normalized spacial score (nSPS) is 16.9. The Balaban J connectivity index is 1.34. The highest BCUT2D eigenvalue weighted by Gasteiger charge is 2.42. The molecule has 3 aromatic rings. The first-order chi connectivity index (χ1) is 18.8. The summed E-state index contributed by atoms with van der Waals surface area (Å²) in [4.78, 5) is 44.1. The molecular weight excluding hydrogens is 578 g/mol. The van der Waals surface area contributed by atoms with E-state index in [4.69, 9.17) is 5.73 Å². The van der Waals surface area contributed by atoms with E-state index < -0.39 is 17.1 Å². The molecule has 1 atom stereocenters. The molecule has 5 rings (SSSR count). The first-order valence-corrected chi connectivity index (χ1v) is 13.7. The second kappa shape index (κ2) is 10.9. The van der Waals surface area contributed by atoms with E-state index in [1.165, 1.54) is 6.08 Å². The summed E-state index contributed by atoms with van der Waals surface area (Å²) in [6, 6.07) is 18.0. The number of thioether (sulfide) groups is 1. The van der Waals surface area contributed by atoms with Crippen LogP contribution in [0.1, 0.15) is 57.8 Å². The van der Waals surface area contributed by atoms with Crippen molar-refractivity contribution in [2.24, 2.45) is 0 Å². The molecule has 2 N–H and O–H groups in total. The number of halogens is 1. The lowest BCUT2D eigenvalue weighted by molar-refractivity contribution is -0.121. The van der Waals surface area contributed by atoms with Crippen molar-refractivity contribution in [1.29, 1.82) is 10.5 Å². The van der Waals surface area contributed by atoms with Crippen molar-refractivity contribution in [2.75, 3.05) is 10.6 Å². The van der Waals surface area contributed by atoms with Crippen LogP contribution in [0.5, 0.6) is 0 Å². The molecule has 0 spiro atoms. The summed E-state index contributed by atoms with van der Waals surface area (Å²) in [7, 11) is 0. The maximum absolute atomic E-state index is 13.3. The Labute approximate surface area is 237 Å². The summed E-state index contributed by atoms with van der Waals surface area (Å²) in [5, 5.41) is 18.8. The van der Waals surface area contributed by atoms with Crippen LogP contribution in [0.15, 0.2) is 64.1 Å². The number of benzene rings is 2. The second-order valence-electron chi connectivity index (χ2n) is 9.11. The van der Waals surface area contributed by atoms with Crippen molar-refractivity contribution in [2.45, 2.75) is 35.5 Å². The van der Waals surface area contributed by atoms with Crippen LogP contribution in [0.3, 0.4) is 0 Å². The van der Waals surface area contributed by atoms with Gasteiger partial charge < -0.3 is 5.73 Å². The number of hydrogen-bond donors (Lipinski definition) is 1. The molecule has 1 aromatic heterocycles. The number of allylic oxidation sites excluding steroid dienone is 1. The Morgan fingerprint density at radius 2 is 1.77 bits per heavy atom. The SMILES string of the molecule is N#Cc1c(N)nc(SC2CC(=O)N(c3ccc(C(=O)C=Cc4ccccc4Br)cc3)C2=O)c(C#N)c1C1CC1. The molecule has 2 heterocycles. The van der Waals surface area contributed by atoms with Crippen molar-refractivity contribution in [1.82, 2.24) is 4.98 Å². The molecule has 2 aliphatic rings. The zero-order valence-electron chi connectivity index (χ0n) is 20.4. The third-order valence-corrected chi connectivity index (χ3v) is 8.42. The maximum atomic E-state index is 13.3. The van der Waals surface area contributed by atoms with E-state index in [0.29, 0.717) is 16.8 Å². The van der Waals surface area contributed by atoms with E-state index in [1.807, 2.05) is 30.3 Å². The average molecular weight is 598 g/mol. The van der Waals surface area contributed by atoms with E-state index >= 15 is 0 Å². The molecule has 1 saturated carbocycles. The van der Waals surface area contributed by atoms with Gasteiger partial charge in [0.2, 0.25) is 11.8 Å². The van der Waals surface area contributed by atoms with Gasteiger partial charge >= 0.3 is 0 Å². The summed E-state index contributed by atoms with van der Waals surface area (Å²) >= 11 is 4.46. The lowest BCUT2D eigenvalue weighted by atomic mass is 10.0. The number of amides is 2. The predicted octanol–water partition coefficient (Wildman–Crippen LogP) is 5.37. The number of aromatic nitrogens is 1. The first kappa shape index (κ1) is 26.4. The van der Waals surface area contributed by atoms with E-state index in [9.17, 15) is 24.9 Å². The van der Waals surface area contributed by atoms with Gasteiger partial charge in [-0.2, -0.15) is 10.5 Å². The van der Waals surface area contributed by atoms with Gasteiger partial charge in [0.1, 0.15) is 23.0 Å². The quantitative estimate of drug-likeness (QED) is 0.218. The molecule has 1 aliphatic heterocycles. The van der Waals surface area contributed by atoms with Crippen molar-refractivity contribution in [3.8, 4) is 12.1 Å². The molecule has 2 aromatic carbocycles. The number of imide groups is 1. The molecule has 39 heavy (non-hydrogen) atoms. The minimum absolute atomic E-state index is 0.0171. The fourth-order valence-electron chi connectivity index (χ4n) is 4.44. The van der Waals surface area contributed by atoms with E-state index in [1.54, 1.807) is 30.3 Å². The average Bonchev–Trinajstić information content (AvgIpc) is 3.73. The van der Waals surface area contributed by atoms with Crippen molar-refractivity contribution in [3.05, 3.63) is 86.9 Å². The molecular formula is C29H20BrN5O3S. The summed E-state index contributed by atoms with van der Waals surface area (Å²) in [5.74, 6) is -0.970. The van der Waals surface area contributed by atoms with E-state index in [-0.39, 0.29) is 40.1 Å². The van der Waals surface area contributed by atoms with Gasteiger partial charge in [0, 0.05) is 16.5 Å². The van der Waals surface area contributed by atoms with Crippen LogP contribution in [0.2, 0.25) is 0 Å². The topological polar surface area (TPSA) is 141 Å². The number of anilines is 2. The molecule has 1 aliphatic carbocycles. The predicted molar refractivity (Wildman–Crippen MR) is 151 cm³/mol. The third kappa shape index (κ3) is 5.22. The summed E-state index contributed by atoms with van der Waals surface area (Å²) < 4.78 is 0.868. The molecule has 2 fully saturated rings. The number of rotatable bonds is 7. The van der Waals surface area contributed by atoms with Gasteiger partial charge in [-0.25, -0.2) is 9.88 Å². The minimum Gasteiger partial charge on any atom is -0.383 e. The van der Waals surface area contributed by atoms with Crippen molar-refractivity contribution >= 4 is 62.9 Å². The Bertz CT molecular complexity index is 1630. The summed E-state index contributed by atoms with van der Waals surface area (Å²) in [6.45, 7) is 0. The number of carbonyl (C=O) groups excluding carboxylic acids is 3. The maximum Gasteiger partial charge on any atom is 0.247 e. The Morgan fingerprint density at radius 3 is 2.41 bits per heavy atom. The molecule has 192 valence electrons. The molecule has 1 saturated heterocycles. The lowest BCUT2D eigenvalue weighted by Crippen LogP contribution is -2.31. The molecule has 2 amide bonds. The van der Waals surface area contributed by atoms with Crippen molar-refractivity contribution < 1.29 is 14.4 Å². The highest BCUT2D eigenvalue weighted by molar-refractivity contribution is 9.10. The van der Waals surface area contributed by atoms with Crippen LogP contribution in [0.25, 0.3) is 6.08 Å². The van der Waals surface area contributed by atoms with Gasteiger partial charge in [0.05, 0.1) is 22.1 Å². The molecule has 8 nitrogen and oxygen atoms in total. The van der Waals surface area contributed by atoms with Gasteiger partial charge in [0.25, 0.3) is 0 Å². The smallest absolute Gasteiger partial charge is 0.247 e. The van der Waals surface area contributed by atoms with Crippen molar-refractivity contribution in [3.63, 3.8) is 0 Å². The van der Waals surface area contributed by atoms with Gasteiger partial charge in [-0.1, -0.05) is 45.9 Å². The Hall–Kier alpha value is -4.25. The largest absolute Gasteiger partial charge is 0.383 e. The fraction of sp³-hybridized carbons (Fsp3) is 0.172. The van der Waals surface area contributed by atoms with E-state index in [0.717, 1.165) is 39.5 Å². The Morgan fingerprint density at radius 1 is 1.08 bits per heavy atom. The number of carbonyl (C=O) groups is 3. The van der Waals surface area contributed by atoms with Gasteiger partial charge in [-0.15, -0.1) is 0 Å². The number of hydrogen-bond acceptors (Lipinski definition) is 8. The zero-order chi connectivity index (χ0) is 27.7. The molecule has 10 heteroatoms. The fourth-order valence-corrected chi connectivity index (χ4v) is 5.98. The van der Waals surface area contributed by atoms with Crippen LogP contribution in [-0.4, -0.2) is 27.8 Å². The van der Waals surface area contributed by atoms with Crippen LogP contribution < -0.4 is 10.6 Å². The standard InChI is InChI=1S/C29H20BrN5O3S/c30-22-4-2-1-3-16(22)9-12-23(36)17-7-10-19(11-8-17)35-25(37)13-24(29(35)38)39-28-21(15-32)26(18-5-6-18)20(14-31)27(33)34-28/h1-4,7-12,18,24H,5-6,13H2,(H2,33,34). The molecule has 0 bridgehead atoms. The summed E-state index contributed by atoms with van der Waals surface area (Å²) in [6.07, 6.45) is 4.80. The van der Waals surface area contributed by atoms with Gasteiger partial charge in [-0.3, -0.25) is 14.4 Å². The minimum atomic E-state index is -0.801. The number of ketones is 1. The number of nitrogen functional groups attached to an aromatic ring is 1. The highest BCUT2D eigenvalue weighted by Crippen LogP contribution is 2.47. The number of pyridine rings is 1. The highest BCUT2D eigenvalue weighted by atomic mass is 79.9.